The van der Waals surface area contributed by atoms with Crippen LogP contribution < -0.4 is 10.6 Å². The maximum atomic E-state index is 12.2. The molecule has 0 spiro atoms. The molecular weight excluding hydrogens is 283 g/mol. The highest BCUT2D eigenvalue weighted by molar-refractivity contribution is 6.36. The van der Waals surface area contributed by atoms with E-state index in [1.165, 1.54) is 0 Å². The van der Waals surface area contributed by atoms with Crippen molar-refractivity contribution in [1.82, 2.24) is 5.32 Å². The Hall–Kier alpha value is -0.770. The molecule has 1 amide bonds. The van der Waals surface area contributed by atoms with E-state index in [0.717, 1.165) is 24.9 Å². The van der Waals surface area contributed by atoms with Crippen LogP contribution in [0.3, 0.4) is 0 Å². The van der Waals surface area contributed by atoms with Crippen molar-refractivity contribution in [3.63, 3.8) is 0 Å². The van der Waals surface area contributed by atoms with Crippen LogP contribution in [0.25, 0.3) is 0 Å². The number of carbonyl (C=O) groups is 1. The number of halogens is 2. The van der Waals surface area contributed by atoms with E-state index in [2.05, 4.69) is 17.6 Å². The molecule has 1 fully saturated rings. The van der Waals surface area contributed by atoms with Gasteiger partial charge in [0, 0.05) is 17.0 Å². The second-order valence-electron chi connectivity index (χ2n) is 5.15. The lowest BCUT2D eigenvalue weighted by molar-refractivity contribution is -0.120. The van der Waals surface area contributed by atoms with Crippen LogP contribution in [0.2, 0.25) is 10.0 Å². The van der Waals surface area contributed by atoms with Gasteiger partial charge in [0.25, 0.3) is 0 Å². The molecule has 2 atom stereocenters. The van der Waals surface area contributed by atoms with E-state index in [1.807, 2.05) is 6.92 Å². The maximum Gasteiger partial charge on any atom is 0.227 e. The van der Waals surface area contributed by atoms with E-state index in [-0.39, 0.29) is 11.8 Å². The number of anilines is 1. The van der Waals surface area contributed by atoms with E-state index in [4.69, 9.17) is 23.2 Å². The van der Waals surface area contributed by atoms with Gasteiger partial charge in [0.2, 0.25) is 5.91 Å². The van der Waals surface area contributed by atoms with Gasteiger partial charge < -0.3 is 10.6 Å². The lowest BCUT2D eigenvalue weighted by Gasteiger charge is -2.27. The monoisotopic (exact) mass is 300 g/mol. The summed E-state index contributed by atoms with van der Waals surface area (Å²) in [6.45, 7) is 4.85. The molecule has 2 unspecified atom stereocenters. The number of hydrogen-bond acceptors (Lipinski definition) is 2. The van der Waals surface area contributed by atoms with Crippen LogP contribution in [0.4, 0.5) is 5.69 Å². The average molecular weight is 301 g/mol. The first-order valence-electron chi connectivity index (χ1n) is 6.47. The summed E-state index contributed by atoms with van der Waals surface area (Å²) in [5.41, 5.74) is 1.49. The Morgan fingerprint density at radius 3 is 2.79 bits per heavy atom. The minimum absolute atomic E-state index is 0.0233. The van der Waals surface area contributed by atoms with Gasteiger partial charge in [0.15, 0.2) is 0 Å². The molecule has 1 aromatic carbocycles. The van der Waals surface area contributed by atoms with E-state index < -0.39 is 0 Å². The average Bonchev–Trinajstić information content (AvgIpc) is 2.36. The molecule has 1 aliphatic heterocycles. The lowest BCUT2D eigenvalue weighted by Crippen LogP contribution is -2.40. The van der Waals surface area contributed by atoms with Crippen molar-refractivity contribution in [2.75, 3.05) is 11.9 Å². The van der Waals surface area contributed by atoms with Gasteiger partial charge in [-0.15, -0.1) is 0 Å². The van der Waals surface area contributed by atoms with Crippen LogP contribution in [-0.2, 0) is 4.79 Å². The number of nitrogens with one attached hydrogen (secondary N) is 2. The van der Waals surface area contributed by atoms with Gasteiger partial charge in [-0.3, -0.25) is 4.79 Å². The Labute approximate surface area is 123 Å². The number of benzene rings is 1. The van der Waals surface area contributed by atoms with E-state index in [1.54, 1.807) is 12.1 Å². The van der Waals surface area contributed by atoms with Gasteiger partial charge >= 0.3 is 0 Å². The number of hydrogen-bond donors (Lipinski definition) is 2. The minimum atomic E-state index is 0.0233. The second-order valence-corrected chi connectivity index (χ2v) is 5.96. The van der Waals surface area contributed by atoms with E-state index >= 15 is 0 Å². The molecule has 19 heavy (non-hydrogen) atoms. The molecule has 0 radical (unpaired) electrons. The predicted octanol–water partition coefficient (Wildman–Crippen LogP) is 3.63. The van der Waals surface area contributed by atoms with Crippen LogP contribution in [0, 0.1) is 12.8 Å². The topological polar surface area (TPSA) is 41.1 Å². The molecule has 0 aromatic heterocycles. The Morgan fingerprint density at radius 2 is 2.11 bits per heavy atom. The molecule has 1 heterocycles. The largest absolute Gasteiger partial charge is 0.324 e. The van der Waals surface area contributed by atoms with Crippen molar-refractivity contribution in [2.24, 2.45) is 5.92 Å². The molecule has 0 saturated carbocycles. The third kappa shape index (κ3) is 3.62. The molecular formula is C14H18Cl2N2O. The Bertz CT molecular complexity index is 491. The Balaban J connectivity index is 2.08. The maximum absolute atomic E-state index is 12.2. The van der Waals surface area contributed by atoms with Gasteiger partial charge in [-0.1, -0.05) is 23.2 Å². The van der Waals surface area contributed by atoms with Crippen molar-refractivity contribution in [3.05, 3.63) is 27.7 Å². The standard InChI is InChI=1S/C14H18Cl2N2O/c1-8-5-12(16)13(7-11(8)15)18-14(19)10-3-4-17-9(2)6-10/h5,7,9-10,17H,3-4,6H2,1-2H3,(H,18,19). The van der Waals surface area contributed by atoms with Gasteiger partial charge in [-0.25, -0.2) is 0 Å². The zero-order valence-electron chi connectivity index (χ0n) is 11.1. The number of piperidine rings is 1. The van der Waals surface area contributed by atoms with Crippen LogP contribution in [0.1, 0.15) is 25.3 Å². The van der Waals surface area contributed by atoms with Gasteiger partial charge in [-0.2, -0.15) is 0 Å². The van der Waals surface area contributed by atoms with Gasteiger partial charge in [-0.05, 0) is 50.9 Å². The fourth-order valence-electron chi connectivity index (χ4n) is 2.35. The zero-order chi connectivity index (χ0) is 14.0. The summed E-state index contributed by atoms with van der Waals surface area (Å²) >= 11 is 12.2. The summed E-state index contributed by atoms with van der Waals surface area (Å²) in [7, 11) is 0. The van der Waals surface area contributed by atoms with Crippen molar-refractivity contribution in [2.45, 2.75) is 32.7 Å². The smallest absolute Gasteiger partial charge is 0.227 e. The molecule has 0 bridgehead atoms. The summed E-state index contributed by atoms with van der Waals surface area (Å²) in [5.74, 6) is 0.0579. The van der Waals surface area contributed by atoms with Crippen LogP contribution in [0.5, 0.6) is 0 Å². The molecule has 1 aromatic rings. The number of carbonyl (C=O) groups excluding carboxylic acids is 1. The number of rotatable bonds is 2. The SMILES string of the molecule is Cc1cc(Cl)c(NC(=O)C2CCNC(C)C2)cc1Cl. The van der Waals surface area contributed by atoms with Crippen LogP contribution in [0.15, 0.2) is 12.1 Å². The molecule has 2 rings (SSSR count). The molecule has 1 aliphatic rings. The van der Waals surface area contributed by atoms with E-state index in [9.17, 15) is 4.79 Å². The second kappa shape index (κ2) is 6.12. The summed E-state index contributed by atoms with van der Waals surface area (Å²) in [5, 5.41) is 7.35. The molecule has 2 N–H and O–H groups in total. The summed E-state index contributed by atoms with van der Waals surface area (Å²) < 4.78 is 0. The normalized spacial score (nSPS) is 23.2. The highest BCUT2D eigenvalue weighted by Gasteiger charge is 2.25. The van der Waals surface area contributed by atoms with Crippen molar-refractivity contribution in [3.8, 4) is 0 Å². The Morgan fingerprint density at radius 1 is 1.37 bits per heavy atom. The first-order valence-corrected chi connectivity index (χ1v) is 7.23. The molecule has 1 saturated heterocycles. The van der Waals surface area contributed by atoms with Crippen molar-refractivity contribution in [1.29, 1.82) is 0 Å². The molecule has 5 heteroatoms. The quantitative estimate of drug-likeness (QED) is 0.876. The minimum Gasteiger partial charge on any atom is -0.324 e. The predicted molar refractivity (Wildman–Crippen MR) is 80.0 cm³/mol. The molecule has 0 aliphatic carbocycles. The van der Waals surface area contributed by atoms with Crippen LogP contribution in [-0.4, -0.2) is 18.5 Å². The fraction of sp³-hybridized carbons (Fsp3) is 0.500. The summed E-state index contributed by atoms with van der Waals surface area (Å²) in [4.78, 5) is 12.2. The first kappa shape index (κ1) is 14.6. The Kier molecular flexibility index (Phi) is 4.71. The van der Waals surface area contributed by atoms with Crippen molar-refractivity contribution >= 4 is 34.8 Å². The van der Waals surface area contributed by atoms with Crippen molar-refractivity contribution < 1.29 is 4.79 Å². The highest BCUT2D eigenvalue weighted by Crippen LogP contribution is 2.29. The van der Waals surface area contributed by atoms with E-state index in [0.29, 0.717) is 21.8 Å². The third-order valence-electron chi connectivity index (χ3n) is 3.50. The molecule has 3 nitrogen and oxygen atoms in total. The first-order chi connectivity index (χ1) is 8.97. The highest BCUT2D eigenvalue weighted by atomic mass is 35.5. The fourth-order valence-corrected chi connectivity index (χ4v) is 2.78. The lowest BCUT2D eigenvalue weighted by atomic mass is 9.92. The van der Waals surface area contributed by atoms with Gasteiger partial charge in [0.1, 0.15) is 0 Å². The van der Waals surface area contributed by atoms with Crippen LogP contribution >= 0.6 is 23.2 Å². The number of amides is 1. The summed E-state index contributed by atoms with van der Waals surface area (Å²) in [6, 6.07) is 3.85. The molecule has 104 valence electrons. The zero-order valence-corrected chi connectivity index (χ0v) is 12.6. The van der Waals surface area contributed by atoms with Gasteiger partial charge in [0.05, 0.1) is 10.7 Å². The summed E-state index contributed by atoms with van der Waals surface area (Å²) in [6.07, 6.45) is 1.70. The third-order valence-corrected chi connectivity index (χ3v) is 4.22. The number of aryl methyl sites for hydroxylation is 1.